The first-order chi connectivity index (χ1) is 8.60. The van der Waals surface area contributed by atoms with Crippen molar-refractivity contribution in [2.24, 2.45) is 0 Å². The summed E-state index contributed by atoms with van der Waals surface area (Å²) in [4.78, 5) is 10.7. The summed E-state index contributed by atoms with van der Waals surface area (Å²) in [7, 11) is 0. The Kier molecular flexibility index (Phi) is 3.77. The molecule has 4 heteroatoms. The molecule has 0 heterocycles. The molecule has 0 spiro atoms. The molecule has 0 aliphatic heterocycles. The highest BCUT2D eigenvalue weighted by Crippen LogP contribution is 2.30. The van der Waals surface area contributed by atoms with Crippen LogP contribution in [0.2, 0.25) is 0 Å². The highest BCUT2D eigenvalue weighted by molar-refractivity contribution is 9.10. The number of halogens is 2. The van der Waals surface area contributed by atoms with Gasteiger partial charge >= 0.3 is 0 Å². The van der Waals surface area contributed by atoms with Gasteiger partial charge in [-0.15, -0.1) is 0 Å². The average Bonchev–Trinajstić information content (AvgIpc) is 2.34. The third-order valence-electron chi connectivity index (χ3n) is 2.49. The number of aryl methyl sites for hydroxylation is 1. The standard InChI is InChI=1S/C14H10BrFO2/c1-9-6-12(4-2-10(9)8-17)18-14-7-11(16)3-5-13(14)15/h2-8H,1H3. The van der Waals surface area contributed by atoms with Gasteiger partial charge in [0.15, 0.2) is 0 Å². The molecule has 0 N–H and O–H groups in total. The second kappa shape index (κ2) is 5.31. The summed E-state index contributed by atoms with van der Waals surface area (Å²) in [5, 5.41) is 0. The van der Waals surface area contributed by atoms with Crippen molar-refractivity contribution in [3.05, 3.63) is 57.8 Å². The largest absolute Gasteiger partial charge is 0.456 e. The van der Waals surface area contributed by atoms with Crippen molar-refractivity contribution in [2.45, 2.75) is 6.92 Å². The average molecular weight is 309 g/mol. The van der Waals surface area contributed by atoms with E-state index in [1.807, 2.05) is 6.92 Å². The van der Waals surface area contributed by atoms with Crippen molar-refractivity contribution in [3.63, 3.8) is 0 Å². The Hall–Kier alpha value is -1.68. The number of carbonyl (C=O) groups is 1. The van der Waals surface area contributed by atoms with Gasteiger partial charge in [-0.2, -0.15) is 0 Å². The molecule has 0 atom stereocenters. The Morgan fingerprint density at radius 2 is 2.00 bits per heavy atom. The molecule has 0 bridgehead atoms. The zero-order valence-electron chi connectivity index (χ0n) is 9.61. The van der Waals surface area contributed by atoms with Gasteiger partial charge in [-0.3, -0.25) is 4.79 Å². The Bertz CT molecular complexity index is 596. The van der Waals surface area contributed by atoms with Gasteiger partial charge in [0.25, 0.3) is 0 Å². The number of hydrogen-bond acceptors (Lipinski definition) is 2. The zero-order chi connectivity index (χ0) is 13.1. The second-order valence-electron chi connectivity index (χ2n) is 3.81. The van der Waals surface area contributed by atoms with Crippen LogP contribution in [0.5, 0.6) is 11.5 Å². The van der Waals surface area contributed by atoms with Crippen molar-refractivity contribution in [3.8, 4) is 11.5 Å². The third kappa shape index (κ3) is 2.76. The quantitative estimate of drug-likeness (QED) is 0.780. The van der Waals surface area contributed by atoms with E-state index in [4.69, 9.17) is 4.74 Å². The summed E-state index contributed by atoms with van der Waals surface area (Å²) in [5.74, 6) is 0.590. The van der Waals surface area contributed by atoms with Crippen LogP contribution in [0.25, 0.3) is 0 Å². The van der Waals surface area contributed by atoms with Crippen LogP contribution >= 0.6 is 15.9 Å². The molecule has 18 heavy (non-hydrogen) atoms. The maximum Gasteiger partial charge on any atom is 0.150 e. The molecule has 2 aromatic carbocycles. The Balaban J connectivity index is 2.31. The van der Waals surface area contributed by atoms with E-state index in [0.717, 1.165) is 11.8 Å². The van der Waals surface area contributed by atoms with E-state index in [0.29, 0.717) is 21.5 Å². The predicted octanol–water partition coefficient (Wildman–Crippen LogP) is 4.50. The van der Waals surface area contributed by atoms with Crippen molar-refractivity contribution in [1.29, 1.82) is 0 Å². The molecular weight excluding hydrogens is 299 g/mol. The third-order valence-corrected chi connectivity index (χ3v) is 3.14. The van der Waals surface area contributed by atoms with Crippen molar-refractivity contribution < 1.29 is 13.9 Å². The van der Waals surface area contributed by atoms with Crippen molar-refractivity contribution in [1.82, 2.24) is 0 Å². The lowest BCUT2D eigenvalue weighted by molar-refractivity contribution is 0.112. The Morgan fingerprint density at radius 1 is 1.22 bits per heavy atom. The second-order valence-corrected chi connectivity index (χ2v) is 4.67. The fraction of sp³-hybridized carbons (Fsp3) is 0.0714. The molecule has 2 aromatic rings. The van der Waals surface area contributed by atoms with E-state index in [2.05, 4.69) is 15.9 Å². The topological polar surface area (TPSA) is 26.3 Å². The molecular formula is C14H10BrFO2. The maximum atomic E-state index is 13.1. The smallest absolute Gasteiger partial charge is 0.150 e. The summed E-state index contributed by atoms with van der Waals surface area (Å²) < 4.78 is 19.3. The minimum absolute atomic E-state index is 0.366. The minimum Gasteiger partial charge on any atom is -0.456 e. The van der Waals surface area contributed by atoms with Crippen LogP contribution in [0.4, 0.5) is 4.39 Å². The van der Waals surface area contributed by atoms with Gasteiger partial charge in [-0.05, 0) is 58.7 Å². The van der Waals surface area contributed by atoms with E-state index in [1.54, 1.807) is 24.3 Å². The van der Waals surface area contributed by atoms with E-state index in [-0.39, 0.29) is 5.82 Å². The molecule has 0 aliphatic carbocycles. The summed E-state index contributed by atoms with van der Waals surface area (Å²) in [6, 6.07) is 9.31. The maximum absolute atomic E-state index is 13.1. The summed E-state index contributed by atoms with van der Waals surface area (Å²) >= 11 is 3.29. The Labute approximate surface area is 113 Å². The molecule has 0 aliphatic rings. The molecule has 0 radical (unpaired) electrons. The van der Waals surface area contributed by atoms with Crippen LogP contribution in [0.3, 0.4) is 0 Å². The number of ether oxygens (including phenoxy) is 1. The van der Waals surface area contributed by atoms with E-state index in [1.165, 1.54) is 12.1 Å². The molecule has 0 fully saturated rings. The molecule has 2 rings (SSSR count). The monoisotopic (exact) mass is 308 g/mol. The predicted molar refractivity (Wildman–Crippen MR) is 70.7 cm³/mol. The highest BCUT2D eigenvalue weighted by Gasteiger charge is 2.06. The van der Waals surface area contributed by atoms with Gasteiger partial charge in [-0.1, -0.05) is 0 Å². The fourth-order valence-electron chi connectivity index (χ4n) is 1.53. The van der Waals surface area contributed by atoms with Crippen LogP contribution in [0.1, 0.15) is 15.9 Å². The fourth-order valence-corrected chi connectivity index (χ4v) is 1.85. The minimum atomic E-state index is -0.366. The van der Waals surface area contributed by atoms with Gasteiger partial charge in [0.05, 0.1) is 4.47 Å². The lowest BCUT2D eigenvalue weighted by Gasteiger charge is -2.09. The lowest BCUT2D eigenvalue weighted by Crippen LogP contribution is -1.90. The number of carbonyl (C=O) groups excluding carboxylic acids is 1. The number of aldehydes is 1. The van der Waals surface area contributed by atoms with Crippen LogP contribution in [0.15, 0.2) is 40.9 Å². The van der Waals surface area contributed by atoms with E-state index < -0.39 is 0 Å². The van der Waals surface area contributed by atoms with Gasteiger partial charge < -0.3 is 4.74 Å². The molecule has 0 amide bonds. The highest BCUT2D eigenvalue weighted by atomic mass is 79.9. The van der Waals surface area contributed by atoms with Crippen molar-refractivity contribution in [2.75, 3.05) is 0 Å². The normalized spacial score (nSPS) is 10.2. The molecule has 0 saturated carbocycles. The van der Waals surface area contributed by atoms with E-state index >= 15 is 0 Å². The summed E-state index contributed by atoms with van der Waals surface area (Å²) in [5.41, 5.74) is 1.43. The van der Waals surface area contributed by atoms with E-state index in [9.17, 15) is 9.18 Å². The molecule has 0 aromatic heterocycles. The number of hydrogen-bond donors (Lipinski definition) is 0. The lowest BCUT2D eigenvalue weighted by atomic mass is 10.1. The van der Waals surface area contributed by atoms with Crippen LogP contribution < -0.4 is 4.74 Å². The first-order valence-corrected chi connectivity index (χ1v) is 6.08. The van der Waals surface area contributed by atoms with Crippen LogP contribution in [-0.2, 0) is 0 Å². The van der Waals surface area contributed by atoms with Crippen LogP contribution in [0, 0.1) is 12.7 Å². The van der Waals surface area contributed by atoms with Gasteiger partial charge in [0.1, 0.15) is 23.6 Å². The van der Waals surface area contributed by atoms with Gasteiger partial charge in [-0.25, -0.2) is 4.39 Å². The van der Waals surface area contributed by atoms with Crippen molar-refractivity contribution >= 4 is 22.2 Å². The summed E-state index contributed by atoms with van der Waals surface area (Å²) in [6.45, 7) is 1.82. The summed E-state index contributed by atoms with van der Waals surface area (Å²) in [6.07, 6.45) is 0.789. The first-order valence-electron chi connectivity index (χ1n) is 5.29. The molecule has 0 saturated heterocycles. The number of rotatable bonds is 3. The number of benzene rings is 2. The van der Waals surface area contributed by atoms with Crippen LogP contribution in [-0.4, -0.2) is 6.29 Å². The molecule has 2 nitrogen and oxygen atoms in total. The molecule has 0 unspecified atom stereocenters. The SMILES string of the molecule is Cc1cc(Oc2cc(F)ccc2Br)ccc1C=O. The zero-order valence-corrected chi connectivity index (χ0v) is 11.2. The van der Waals surface area contributed by atoms with Gasteiger partial charge in [0, 0.05) is 11.6 Å². The van der Waals surface area contributed by atoms with Gasteiger partial charge in [0.2, 0.25) is 0 Å². The first kappa shape index (κ1) is 12.8. The Morgan fingerprint density at radius 3 is 2.67 bits per heavy atom. The molecule has 92 valence electrons.